The van der Waals surface area contributed by atoms with Crippen molar-refractivity contribution < 1.29 is 28.6 Å². The number of aliphatic carboxylic acids is 1. The lowest BCUT2D eigenvalue weighted by atomic mass is 9.88. The predicted molar refractivity (Wildman–Crippen MR) is 95.6 cm³/mol. The number of nitrogens with one attached hydrogen (secondary N) is 1. The number of likely N-dealkylation sites (tertiary alicyclic amines) is 1. The van der Waals surface area contributed by atoms with Crippen LogP contribution in [0.15, 0.2) is 24.3 Å². The molecule has 1 fully saturated rings. The van der Waals surface area contributed by atoms with Crippen LogP contribution in [0.3, 0.4) is 0 Å². The van der Waals surface area contributed by atoms with Crippen molar-refractivity contribution >= 4 is 17.8 Å². The summed E-state index contributed by atoms with van der Waals surface area (Å²) in [6.45, 7) is 3.92. The van der Waals surface area contributed by atoms with Crippen molar-refractivity contribution in [3.05, 3.63) is 35.6 Å². The first-order valence-corrected chi connectivity index (χ1v) is 8.78. The second-order valence-corrected chi connectivity index (χ2v) is 7.23. The van der Waals surface area contributed by atoms with E-state index in [9.17, 15) is 23.9 Å². The molecule has 7 nitrogen and oxygen atoms in total. The van der Waals surface area contributed by atoms with E-state index in [1.807, 2.05) is 0 Å². The molecular weight excluding hydrogens is 355 g/mol. The number of hydrogen-bond donors (Lipinski definition) is 2. The van der Waals surface area contributed by atoms with E-state index in [0.29, 0.717) is 6.42 Å². The van der Waals surface area contributed by atoms with Crippen LogP contribution in [0.2, 0.25) is 0 Å². The van der Waals surface area contributed by atoms with Crippen molar-refractivity contribution in [1.82, 2.24) is 10.2 Å². The first-order valence-electron chi connectivity index (χ1n) is 8.78. The number of methoxy groups -OCH3 is 1. The number of halogens is 1. The van der Waals surface area contributed by atoms with E-state index >= 15 is 0 Å². The molecule has 1 heterocycles. The highest BCUT2D eigenvalue weighted by atomic mass is 19.1. The summed E-state index contributed by atoms with van der Waals surface area (Å²) in [7, 11) is 1.43. The molecule has 8 heteroatoms. The zero-order valence-electron chi connectivity index (χ0n) is 15.7. The van der Waals surface area contributed by atoms with Gasteiger partial charge in [0.25, 0.3) is 5.91 Å². The highest BCUT2D eigenvalue weighted by molar-refractivity contribution is 5.97. The van der Waals surface area contributed by atoms with E-state index in [1.165, 1.54) is 36.3 Å². The molecule has 1 aliphatic heterocycles. The van der Waals surface area contributed by atoms with Crippen LogP contribution in [-0.2, 0) is 14.3 Å². The third kappa shape index (κ3) is 4.63. The maximum absolute atomic E-state index is 13.0. The number of benzene rings is 1. The Balaban J connectivity index is 2.12. The number of carbonyl (C=O) groups excluding carboxylic acids is 2. The van der Waals surface area contributed by atoms with Crippen LogP contribution < -0.4 is 5.32 Å². The maximum Gasteiger partial charge on any atom is 0.313 e. The lowest BCUT2D eigenvalue weighted by molar-refractivity contribution is -0.151. The maximum atomic E-state index is 13.0. The summed E-state index contributed by atoms with van der Waals surface area (Å²) < 4.78 is 18.1. The molecule has 0 spiro atoms. The molecule has 2 unspecified atom stereocenters. The first kappa shape index (κ1) is 20.8. The number of hydrogen-bond acceptors (Lipinski definition) is 4. The smallest absolute Gasteiger partial charge is 0.313 e. The summed E-state index contributed by atoms with van der Waals surface area (Å²) in [5.74, 6) is -2.48. The number of nitrogens with zero attached hydrogens (tertiary/aromatic N) is 1. The van der Waals surface area contributed by atoms with Gasteiger partial charge in [0.15, 0.2) is 0 Å². The molecule has 148 valence electrons. The van der Waals surface area contributed by atoms with Crippen molar-refractivity contribution in [2.75, 3.05) is 26.8 Å². The van der Waals surface area contributed by atoms with E-state index in [4.69, 9.17) is 4.74 Å². The molecule has 1 aromatic carbocycles. The number of ether oxygens (including phenoxy) is 1. The van der Waals surface area contributed by atoms with Gasteiger partial charge in [-0.2, -0.15) is 0 Å². The quantitative estimate of drug-likeness (QED) is 0.748. The largest absolute Gasteiger partial charge is 0.481 e. The summed E-state index contributed by atoms with van der Waals surface area (Å²) in [4.78, 5) is 38.5. The minimum Gasteiger partial charge on any atom is -0.481 e. The number of carboxylic acid groups (broad SMARTS) is 1. The van der Waals surface area contributed by atoms with Crippen molar-refractivity contribution in [2.45, 2.75) is 26.3 Å². The summed E-state index contributed by atoms with van der Waals surface area (Å²) in [6, 6.07) is 4.23. The van der Waals surface area contributed by atoms with Gasteiger partial charge in [-0.15, -0.1) is 0 Å². The van der Waals surface area contributed by atoms with Gasteiger partial charge in [0.1, 0.15) is 17.3 Å². The summed E-state index contributed by atoms with van der Waals surface area (Å²) in [5.41, 5.74) is -0.886. The zero-order chi connectivity index (χ0) is 20.2. The summed E-state index contributed by atoms with van der Waals surface area (Å²) in [6.07, 6.45) is 0.290. The molecule has 1 aromatic rings. The van der Waals surface area contributed by atoms with E-state index in [2.05, 4.69) is 5.32 Å². The summed E-state index contributed by atoms with van der Waals surface area (Å²) in [5, 5.41) is 12.2. The van der Waals surface area contributed by atoms with Gasteiger partial charge in [0.2, 0.25) is 5.91 Å². The average Bonchev–Trinajstić information content (AvgIpc) is 3.05. The Hall–Kier alpha value is -2.48. The van der Waals surface area contributed by atoms with Crippen molar-refractivity contribution in [3.8, 4) is 0 Å². The Labute approximate surface area is 157 Å². The topological polar surface area (TPSA) is 95.9 Å². The molecule has 2 amide bonds. The molecule has 0 radical (unpaired) electrons. The van der Waals surface area contributed by atoms with Gasteiger partial charge in [0.05, 0.1) is 6.61 Å². The third-order valence-corrected chi connectivity index (χ3v) is 4.87. The second-order valence-electron chi connectivity index (χ2n) is 7.23. The van der Waals surface area contributed by atoms with Gasteiger partial charge in [0, 0.05) is 25.8 Å². The Kier molecular flexibility index (Phi) is 6.54. The molecule has 2 rings (SSSR count). The molecule has 1 aliphatic rings. The standard InChI is InChI=1S/C19H25FN2O5/c1-12(2)15(21-16(23)13-4-6-14(20)7-5-13)17(24)22-9-8-19(10-22,11-27-3)18(25)26/h4-7,12,15H,8-11H2,1-3H3,(H,21,23)(H,25,26). The van der Waals surface area contributed by atoms with Crippen LogP contribution in [-0.4, -0.2) is 60.6 Å². The van der Waals surface area contributed by atoms with Crippen LogP contribution in [0.25, 0.3) is 0 Å². The number of amides is 2. The monoisotopic (exact) mass is 380 g/mol. The Bertz CT molecular complexity index is 707. The van der Waals surface area contributed by atoms with Gasteiger partial charge in [-0.3, -0.25) is 14.4 Å². The van der Waals surface area contributed by atoms with Gasteiger partial charge >= 0.3 is 5.97 Å². The highest BCUT2D eigenvalue weighted by Gasteiger charge is 2.47. The van der Waals surface area contributed by atoms with Gasteiger partial charge in [-0.25, -0.2) is 4.39 Å². The normalized spacial score (nSPS) is 20.6. The minimum atomic E-state index is -1.13. The number of carboxylic acids is 1. The second kappa shape index (κ2) is 8.47. The zero-order valence-corrected chi connectivity index (χ0v) is 15.7. The molecule has 1 saturated heterocycles. The predicted octanol–water partition coefficient (Wildman–Crippen LogP) is 1.53. The Morgan fingerprint density at radius 3 is 2.44 bits per heavy atom. The van der Waals surface area contributed by atoms with Gasteiger partial charge < -0.3 is 20.1 Å². The Morgan fingerprint density at radius 1 is 1.30 bits per heavy atom. The van der Waals surface area contributed by atoms with E-state index in [1.54, 1.807) is 13.8 Å². The molecular formula is C19H25FN2O5. The van der Waals surface area contributed by atoms with Gasteiger partial charge in [-0.1, -0.05) is 13.8 Å². The van der Waals surface area contributed by atoms with E-state index in [0.717, 1.165) is 0 Å². The molecule has 0 saturated carbocycles. The average molecular weight is 380 g/mol. The molecule has 2 N–H and O–H groups in total. The molecule has 27 heavy (non-hydrogen) atoms. The van der Waals surface area contributed by atoms with Crippen LogP contribution in [0.5, 0.6) is 0 Å². The molecule has 2 atom stereocenters. The lowest BCUT2D eigenvalue weighted by Gasteiger charge is -2.28. The molecule has 0 aliphatic carbocycles. The number of rotatable bonds is 7. The highest BCUT2D eigenvalue weighted by Crippen LogP contribution is 2.32. The van der Waals surface area contributed by atoms with E-state index < -0.39 is 29.2 Å². The Morgan fingerprint density at radius 2 is 1.93 bits per heavy atom. The van der Waals surface area contributed by atoms with Crippen LogP contribution in [0, 0.1) is 17.2 Å². The van der Waals surface area contributed by atoms with Crippen LogP contribution >= 0.6 is 0 Å². The third-order valence-electron chi connectivity index (χ3n) is 4.87. The fraction of sp³-hybridized carbons (Fsp3) is 0.526. The number of carbonyl (C=O) groups is 3. The lowest BCUT2D eigenvalue weighted by Crippen LogP contribution is -2.51. The van der Waals surface area contributed by atoms with Crippen molar-refractivity contribution in [1.29, 1.82) is 0 Å². The van der Waals surface area contributed by atoms with E-state index in [-0.39, 0.29) is 37.1 Å². The SMILES string of the molecule is COCC1(C(=O)O)CCN(C(=O)C(NC(=O)c2ccc(F)cc2)C(C)C)C1. The van der Waals surface area contributed by atoms with Crippen molar-refractivity contribution in [2.24, 2.45) is 11.3 Å². The fourth-order valence-electron chi connectivity index (χ4n) is 3.23. The first-order chi connectivity index (χ1) is 12.7. The minimum absolute atomic E-state index is 0.0143. The van der Waals surface area contributed by atoms with Crippen LogP contribution in [0.1, 0.15) is 30.6 Å². The summed E-state index contributed by atoms with van der Waals surface area (Å²) >= 11 is 0. The van der Waals surface area contributed by atoms with Crippen LogP contribution in [0.4, 0.5) is 4.39 Å². The molecule has 0 bridgehead atoms. The van der Waals surface area contributed by atoms with Crippen molar-refractivity contribution in [3.63, 3.8) is 0 Å². The fourth-order valence-corrected chi connectivity index (χ4v) is 3.23. The van der Waals surface area contributed by atoms with Gasteiger partial charge in [-0.05, 0) is 36.6 Å². The molecule has 0 aromatic heterocycles.